The van der Waals surface area contributed by atoms with E-state index in [0.717, 1.165) is 42.5 Å². The molecule has 2 aliphatic rings. The fourth-order valence-corrected chi connectivity index (χ4v) is 4.69. The number of nitrogens with one attached hydrogen (secondary N) is 1. The molecule has 2 aromatic carbocycles. The van der Waals surface area contributed by atoms with Crippen LogP contribution in [0.5, 0.6) is 0 Å². The van der Waals surface area contributed by atoms with Gasteiger partial charge in [0.05, 0.1) is 23.1 Å². The Bertz CT molecular complexity index is 1000. The third-order valence-electron chi connectivity index (χ3n) is 5.94. The van der Waals surface area contributed by atoms with Crippen molar-refractivity contribution in [3.05, 3.63) is 59.7 Å². The summed E-state index contributed by atoms with van der Waals surface area (Å²) in [4.78, 5) is 10.3. The molecule has 130 valence electrons. The predicted molar refractivity (Wildman–Crippen MR) is 98.5 cm³/mol. The third kappa shape index (κ3) is 2.02. The van der Waals surface area contributed by atoms with Crippen LogP contribution in [-0.4, -0.2) is 22.6 Å². The van der Waals surface area contributed by atoms with E-state index in [-0.39, 0.29) is 11.9 Å². The van der Waals surface area contributed by atoms with E-state index in [4.69, 9.17) is 4.98 Å². The molecule has 0 aliphatic carbocycles. The molecule has 1 N–H and O–H groups in total. The smallest absolute Gasteiger partial charge is 0.139 e. The average Bonchev–Trinajstić information content (AvgIpc) is 3.12. The Morgan fingerprint density at radius 1 is 1.19 bits per heavy atom. The number of rotatable bonds is 1. The fourth-order valence-electron chi connectivity index (χ4n) is 4.69. The zero-order valence-corrected chi connectivity index (χ0v) is 14.4. The minimum atomic E-state index is -0.866. The van der Waals surface area contributed by atoms with Crippen molar-refractivity contribution in [1.29, 1.82) is 5.26 Å². The molecule has 0 unspecified atom stereocenters. The van der Waals surface area contributed by atoms with Gasteiger partial charge in [-0.1, -0.05) is 18.2 Å². The maximum atomic E-state index is 14.7. The second kappa shape index (κ2) is 5.57. The lowest BCUT2D eigenvalue weighted by atomic mass is 9.68. The Hall–Kier alpha value is -2.87. The van der Waals surface area contributed by atoms with Crippen LogP contribution in [-0.2, 0) is 11.8 Å². The normalized spacial score (nSPS) is 24.8. The van der Waals surface area contributed by atoms with Crippen molar-refractivity contribution in [3.63, 3.8) is 0 Å². The van der Waals surface area contributed by atoms with Crippen LogP contribution in [0, 0.1) is 17.1 Å². The Morgan fingerprint density at radius 2 is 2.08 bits per heavy atom. The highest BCUT2D eigenvalue weighted by Gasteiger charge is 2.51. The molecule has 0 bridgehead atoms. The van der Waals surface area contributed by atoms with Gasteiger partial charge in [-0.2, -0.15) is 5.26 Å². The van der Waals surface area contributed by atoms with Crippen LogP contribution in [0.2, 0.25) is 0 Å². The molecule has 2 aliphatic heterocycles. The first-order chi connectivity index (χ1) is 12.7. The predicted octanol–water partition coefficient (Wildman–Crippen LogP) is 4.08. The van der Waals surface area contributed by atoms with Crippen molar-refractivity contribution < 1.29 is 4.39 Å². The topological polar surface area (TPSA) is 55.7 Å². The molecule has 5 heteroatoms. The van der Waals surface area contributed by atoms with Crippen molar-refractivity contribution in [3.8, 4) is 6.07 Å². The molecule has 1 fully saturated rings. The maximum absolute atomic E-state index is 14.7. The number of hydrogen-bond donors (Lipinski definition) is 1. The molecular formula is C21H19FN4. The highest BCUT2D eigenvalue weighted by Crippen LogP contribution is 2.46. The second-order valence-electron chi connectivity index (χ2n) is 7.30. The van der Waals surface area contributed by atoms with Gasteiger partial charge in [0.25, 0.3) is 0 Å². The van der Waals surface area contributed by atoms with Crippen molar-refractivity contribution >= 4 is 16.7 Å². The minimum Gasteiger partial charge on any atom is -0.366 e. The van der Waals surface area contributed by atoms with Crippen LogP contribution in [0.1, 0.15) is 30.7 Å². The van der Waals surface area contributed by atoms with E-state index >= 15 is 0 Å². The second-order valence-corrected chi connectivity index (χ2v) is 7.30. The lowest BCUT2D eigenvalue weighted by molar-refractivity contribution is 0.310. The summed E-state index contributed by atoms with van der Waals surface area (Å²) in [5, 5.41) is 10.3. The molecule has 4 nitrogen and oxygen atoms in total. The van der Waals surface area contributed by atoms with E-state index in [9.17, 15) is 9.65 Å². The minimum absolute atomic E-state index is 0.0103. The molecule has 0 radical (unpaired) electrons. The number of aromatic amines is 1. The molecule has 3 heterocycles. The van der Waals surface area contributed by atoms with E-state index < -0.39 is 5.41 Å². The summed E-state index contributed by atoms with van der Waals surface area (Å²) in [7, 11) is 0. The van der Waals surface area contributed by atoms with Gasteiger partial charge in [0.15, 0.2) is 0 Å². The number of nitriles is 1. The van der Waals surface area contributed by atoms with Gasteiger partial charge < -0.3 is 9.88 Å². The monoisotopic (exact) mass is 346 g/mol. The van der Waals surface area contributed by atoms with E-state index in [1.807, 2.05) is 30.3 Å². The number of benzene rings is 2. The van der Waals surface area contributed by atoms with Crippen LogP contribution >= 0.6 is 0 Å². The molecule has 26 heavy (non-hydrogen) atoms. The van der Waals surface area contributed by atoms with Crippen molar-refractivity contribution in [2.24, 2.45) is 0 Å². The average molecular weight is 346 g/mol. The molecule has 1 aromatic heterocycles. The van der Waals surface area contributed by atoms with E-state index in [1.165, 1.54) is 6.07 Å². The summed E-state index contributed by atoms with van der Waals surface area (Å²) in [5.41, 5.74) is 2.47. The maximum Gasteiger partial charge on any atom is 0.139 e. The van der Waals surface area contributed by atoms with Crippen molar-refractivity contribution in [2.45, 2.75) is 37.1 Å². The van der Waals surface area contributed by atoms with Crippen LogP contribution in [0.15, 0.2) is 42.5 Å². The lowest BCUT2D eigenvalue weighted by Crippen LogP contribution is -2.57. The number of anilines is 1. The van der Waals surface area contributed by atoms with Gasteiger partial charge in [0.1, 0.15) is 17.1 Å². The summed E-state index contributed by atoms with van der Waals surface area (Å²) < 4.78 is 14.7. The molecule has 5 rings (SSSR count). The number of aromatic nitrogens is 2. The first-order valence-electron chi connectivity index (χ1n) is 9.13. The summed E-state index contributed by atoms with van der Waals surface area (Å²) in [5.74, 6) is 0.425. The van der Waals surface area contributed by atoms with Crippen molar-refractivity contribution in [1.82, 2.24) is 9.97 Å². The molecule has 0 spiro atoms. The zero-order chi connectivity index (χ0) is 17.7. The number of halogens is 1. The standard InChI is InChI=1S/C21H19FN4/c22-15-6-5-9-18-14(15)12-21(13-23,19-10-3-4-11-26(18)19)20-24-16-7-1-2-8-17(16)25-20/h1-2,5-9,19H,3-4,10-12H2,(H,24,25)/t19-,21-/m0/s1. The van der Waals surface area contributed by atoms with Crippen molar-refractivity contribution in [2.75, 3.05) is 11.4 Å². The van der Waals surface area contributed by atoms with Gasteiger partial charge in [0, 0.05) is 24.2 Å². The molecular weight excluding hydrogens is 327 g/mol. The Morgan fingerprint density at radius 3 is 2.92 bits per heavy atom. The highest BCUT2D eigenvalue weighted by atomic mass is 19.1. The zero-order valence-electron chi connectivity index (χ0n) is 14.4. The van der Waals surface area contributed by atoms with E-state index in [1.54, 1.807) is 6.07 Å². The largest absolute Gasteiger partial charge is 0.366 e. The SMILES string of the molecule is N#C[C@@]1(c2nc3ccccc3[nH]2)Cc2c(F)cccc2N2CCCC[C@H]21. The van der Waals surface area contributed by atoms with Crippen LogP contribution < -0.4 is 4.90 Å². The quantitative estimate of drug-likeness (QED) is 0.722. The van der Waals surface area contributed by atoms with Gasteiger partial charge in [0.2, 0.25) is 0 Å². The van der Waals surface area contributed by atoms with E-state index in [2.05, 4.69) is 16.0 Å². The number of H-pyrrole nitrogens is 1. The Kier molecular flexibility index (Phi) is 3.30. The lowest BCUT2D eigenvalue weighted by Gasteiger charge is -2.49. The number of fused-ring (bicyclic) bond motifs is 4. The summed E-state index contributed by atoms with van der Waals surface area (Å²) in [6, 6.07) is 15.6. The van der Waals surface area contributed by atoms with Crippen LogP contribution in [0.4, 0.5) is 10.1 Å². The van der Waals surface area contributed by atoms with Gasteiger partial charge in [-0.05, 0) is 43.5 Å². The van der Waals surface area contributed by atoms with Crippen LogP contribution in [0.25, 0.3) is 11.0 Å². The van der Waals surface area contributed by atoms with Crippen LogP contribution in [0.3, 0.4) is 0 Å². The highest BCUT2D eigenvalue weighted by molar-refractivity contribution is 5.75. The Labute approximate surface area is 151 Å². The summed E-state index contributed by atoms with van der Waals surface area (Å²) >= 11 is 0. The van der Waals surface area contributed by atoms with E-state index in [0.29, 0.717) is 17.8 Å². The number of piperidine rings is 1. The fraction of sp³-hybridized carbons (Fsp3) is 0.333. The summed E-state index contributed by atoms with van der Waals surface area (Å²) in [6.45, 7) is 0.852. The number of nitrogens with zero attached hydrogens (tertiary/aromatic N) is 3. The summed E-state index contributed by atoms with van der Waals surface area (Å²) in [6.07, 6.45) is 3.41. The first-order valence-corrected chi connectivity index (χ1v) is 9.13. The Balaban J connectivity index is 1.74. The van der Waals surface area contributed by atoms with Gasteiger partial charge in [-0.25, -0.2) is 9.37 Å². The number of imidazole rings is 1. The molecule has 2 atom stereocenters. The molecule has 0 saturated carbocycles. The van der Waals surface area contributed by atoms with Gasteiger partial charge in [-0.15, -0.1) is 0 Å². The van der Waals surface area contributed by atoms with Gasteiger partial charge in [-0.3, -0.25) is 0 Å². The molecule has 3 aromatic rings. The van der Waals surface area contributed by atoms with Gasteiger partial charge >= 0.3 is 0 Å². The number of hydrogen-bond acceptors (Lipinski definition) is 3. The third-order valence-corrected chi connectivity index (χ3v) is 5.94. The first kappa shape index (κ1) is 15.4. The number of para-hydroxylation sites is 2. The molecule has 1 saturated heterocycles. The molecule has 0 amide bonds.